The van der Waals surface area contributed by atoms with Gasteiger partial charge in [-0.2, -0.15) is 0 Å². The summed E-state index contributed by atoms with van der Waals surface area (Å²) >= 11 is 1.30. The first-order valence-corrected chi connectivity index (χ1v) is 8.60. The van der Waals surface area contributed by atoms with Gasteiger partial charge in [-0.1, -0.05) is 0 Å². The Labute approximate surface area is 102 Å². The summed E-state index contributed by atoms with van der Waals surface area (Å²) in [5, 5.41) is 0. The first-order valence-electron chi connectivity index (χ1n) is 4.91. The van der Waals surface area contributed by atoms with E-state index >= 15 is 0 Å². The molecule has 2 aromatic rings. The Hall–Kier alpha value is -0.521. The number of hydrogen-bond acceptors (Lipinski definition) is 0. The van der Waals surface area contributed by atoms with E-state index in [1.54, 1.807) is 8.92 Å². The Morgan fingerprint density at radius 1 is 0.667 bits per heavy atom. The Kier molecular flexibility index (Phi) is 2.68. The Morgan fingerprint density at radius 3 is 1.80 bits per heavy atom. The summed E-state index contributed by atoms with van der Waals surface area (Å²) in [6.07, 6.45) is 0. The van der Waals surface area contributed by atoms with Crippen molar-refractivity contribution in [2.45, 2.75) is 3.71 Å². The SMILES string of the molecule is c1ccc(C2[Se]c3ccccc3[Se]2)cc1. The molecule has 0 radical (unpaired) electrons. The summed E-state index contributed by atoms with van der Waals surface area (Å²) < 4.78 is 4.07. The van der Waals surface area contributed by atoms with Crippen LogP contribution in [-0.4, -0.2) is 29.9 Å². The summed E-state index contributed by atoms with van der Waals surface area (Å²) in [5.41, 5.74) is 1.54. The number of benzene rings is 2. The topological polar surface area (TPSA) is 0 Å². The van der Waals surface area contributed by atoms with E-state index in [1.807, 2.05) is 0 Å². The van der Waals surface area contributed by atoms with Crippen LogP contribution in [0.1, 0.15) is 9.28 Å². The zero-order valence-electron chi connectivity index (χ0n) is 8.09. The third-order valence-corrected chi connectivity index (χ3v) is 9.74. The van der Waals surface area contributed by atoms with Crippen LogP contribution in [0.3, 0.4) is 0 Å². The fourth-order valence-corrected chi connectivity index (χ4v) is 9.21. The molecule has 0 N–H and O–H groups in total. The van der Waals surface area contributed by atoms with Gasteiger partial charge in [-0.15, -0.1) is 0 Å². The van der Waals surface area contributed by atoms with Crippen LogP contribution in [0.25, 0.3) is 0 Å². The molecule has 2 heteroatoms. The predicted molar refractivity (Wildman–Crippen MR) is 66.4 cm³/mol. The maximum atomic E-state index is 2.31. The van der Waals surface area contributed by atoms with Crippen molar-refractivity contribution in [1.82, 2.24) is 0 Å². The summed E-state index contributed by atoms with van der Waals surface area (Å²) in [6.45, 7) is 0. The second-order valence-electron chi connectivity index (χ2n) is 3.43. The Bertz CT molecular complexity index is 440. The first-order chi connectivity index (χ1) is 7.43. The maximum absolute atomic E-state index is 2.31. The average Bonchev–Trinajstić information content (AvgIpc) is 2.74. The second-order valence-corrected chi connectivity index (χ2v) is 9.75. The van der Waals surface area contributed by atoms with Crippen LogP contribution in [0.4, 0.5) is 0 Å². The van der Waals surface area contributed by atoms with Crippen LogP contribution in [0, 0.1) is 0 Å². The molecule has 1 aliphatic heterocycles. The molecule has 0 saturated heterocycles. The van der Waals surface area contributed by atoms with Crippen molar-refractivity contribution in [3.8, 4) is 0 Å². The standard InChI is InChI=1S/C13H10Se2/c1-2-6-10(7-3-1)13-14-11-8-4-5-9-12(11)15-13/h1-9,13H. The van der Waals surface area contributed by atoms with Crippen molar-refractivity contribution in [3.63, 3.8) is 0 Å². The summed E-state index contributed by atoms with van der Waals surface area (Å²) in [7, 11) is 0. The molecule has 0 bridgehead atoms. The average molecular weight is 324 g/mol. The minimum absolute atomic E-state index is 0.651. The van der Waals surface area contributed by atoms with E-state index in [4.69, 9.17) is 0 Å². The zero-order valence-corrected chi connectivity index (χ0v) is 11.5. The van der Waals surface area contributed by atoms with Crippen molar-refractivity contribution < 1.29 is 0 Å². The van der Waals surface area contributed by atoms with Gasteiger partial charge in [0.05, 0.1) is 0 Å². The molecule has 1 heterocycles. The van der Waals surface area contributed by atoms with Gasteiger partial charge in [0.1, 0.15) is 0 Å². The summed E-state index contributed by atoms with van der Waals surface area (Å²) in [5.74, 6) is 0. The van der Waals surface area contributed by atoms with E-state index in [0.29, 0.717) is 29.9 Å². The molecular weight excluding hydrogens is 314 g/mol. The van der Waals surface area contributed by atoms with Crippen LogP contribution in [0.5, 0.6) is 0 Å². The second kappa shape index (κ2) is 4.15. The zero-order chi connectivity index (χ0) is 10.1. The molecular formula is C13H10Se2. The van der Waals surface area contributed by atoms with Crippen molar-refractivity contribution >= 4 is 38.8 Å². The van der Waals surface area contributed by atoms with Gasteiger partial charge >= 0.3 is 103 Å². The van der Waals surface area contributed by atoms with Crippen LogP contribution in [-0.2, 0) is 0 Å². The molecule has 15 heavy (non-hydrogen) atoms. The summed E-state index contributed by atoms with van der Waals surface area (Å²) in [4.78, 5) is 0. The van der Waals surface area contributed by atoms with E-state index in [2.05, 4.69) is 54.6 Å². The van der Waals surface area contributed by atoms with E-state index in [9.17, 15) is 0 Å². The quantitative estimate of drug-likeness (QED) is 0.688. The minimum atomic E-state index is 0.651. The van der Waals surface area contributed by atoms with Gasteiger partial charge in [-0.25, -0.2) is 0 Å². The van der Waals surface area contributed by atoms with E-state index < -0.39 is 0 Å². The van der Waals surface area contributed by atoms with Crippen LogP contribution in [0.2, 0.25) is 0 Å². The normalized spacial score (nSPS) is 15.2. The molecule has 0 nitrogen and oxygen atoms in total. The molecule has 0 unspecified atom stereocenters. The van der Waals surface area contributed by atoms with E-state index in [-0.39, 0.29) is 0 Å². The molecule has 0 aromatic heterocycles. The number of rotatable bonds is 1. The van der Waals surface area contributed by atoms with Crippen LogP contribution >= 0.6 is 0 Å². The fraction of sp³-hybridized carbons (Fsp3) is 0.0769. The van der Waals surface area contributed by atoms with Gasteiger partial charge in [0.25, 0.3) is 0 Å². The van der Waals surface area contributed by atoms with Crippen molar-refractivity contribution in [2.24, 2.45) is 0 Å². The molecule has 2 aromatic carbocycles. The van der Waals surface area contributed by atoms with Crippen molar-refractivity contribution in [1.29, 1.82) is 0 Å². The number of fused-ring (bicyclic) bond motifs is 1. The van der Waals surface area contributed by atoms with Crippen molar-refractivity contribution in [3.05, 3.63) is 60.2 Å². The molecule has 3 rings (SSSR count). The van der Waals surface area contributed by atoms with Crippen LogP contribution < -0.4 is 8.92 Å². The first kappa shape index (κ1) is 9.69. The fourth-order valence-electron chi connectivity index (χ4n) is 1.65. The predicted octanol–water partition coefficient (Wildman–Crippen LogP) is 1.06. The van der Waals surface area contributed by atoms with Gasteiger partial charge in [-0.05, 0) is 0 Å². The van der Waals surface area contributed by atoms with Gasteiger partial charge in [-0.3, -0.25) is 0 Å². The van der Waals surface area contributed by atoms with Gasteiger partial charge in [0.15, 0.2) is 0 Å². The van der Waals surface area contributed by atoms with Gasteiger partial charge in [0, 0.05) is 0 Å². The monoisotopic (exact) mass is 326 g/mol. The molecule has 0 atom stereocenters. The Balaban J connectivity index is 1.91. The molecule has 0 spiro atoms. The third kappa shape index (κ3) is 1.91. The van der Waals surface area contributed by atoms with Gasteiger partial charge in [0.2, 0.25) is 0 Å². The molecule has 0 fully saturated rings. The van der Waals surface area contributed by atoms with Crippen molar-refractivity contribution in [2.75, 3.05) is 0 Å². The third-order valence-electron chi connectivity index (χ3n) is 2.39. The van der Waals surface area contributed by atoms with Crippen LogP contribution in [0.15, 0.2) is 54.6 Å². The molecule has 74 valence electrons. The molecule has 1 aliphatic rings. The number of hydrogen-bond donors (Lipinski definition) is 0. The van der Waals surface area contributed by atoms with Gasteiger partial charge < -0.3 is 0 Å². The Morgan fingerprint density at radius 2 is 1.20 bits per heavy atom. The summed E-state index contributed by atoms with van der Waals surface area (Å²) in [6, 6.07) is 19.9. The van der Waals surface area contributed by atoms with E-state index in [0.717, 1.165) is 3.71 Å². The molecule has 0 saturated carbocycles. The molecule has 0 aliphatic carbocycles. The van der Waals surface area contributed by atoms with E-state index in [1.165, 1.54) is 5.56 Å². The molecule has 0 amide bonds.